The summed E-state index contributed by atoms with van der Waals surface area (Å²) in [5.74, 6) is 0.486. The minimum Gasteiger partial charge on any atom is -0.461 e. The Balaban J connectivity index is 1.64. The van der Waals surface area contributed by atoms with Crippen molar-refractivity contribution >= 4 is 29.8 Å². The van der Waals surface area contributed by atoms with Gasteiger partial charge in [-0.05, 0) is 51.0 Å². The smallest absolute Gasteiger partial charge is 0.461 e. The van der Waals surface area contributed by atoms with Gasteiger partial charge in [-0.25, -0.2) is 4.79 Å². The van der Waals surface area contributed by atoms with Crippen molar-refractivity contribution in [3.05, 3.63) is 35.9 Å². The number of aryl methyl sites for hydroxylation is 1. The topological polar surface area (TPSA) is 105 Å². The quantitative estimate of drug-likeness (QED) is 0.537. The molecule has 1 saturated carbocycles. The number of rotatable bonds is 9. The maximum atomic E-state index is 13.1. The van der Waals surface area contributed by atoms with Gasteiger partial charge >= 0.3 is 12.1 Å². The number of thioether (sulfide) groups is 1. The molecule has 32 heavy (non-hydrogen) atoms. The van der Waals surface area contributed by atoms with Gasteiger partial charge in [0.2, 0.25) is 5.91 Å². The molecule has 3 atom stereocenters. The summed E-state index contributed by atoms with van der Waals surface area (Å²) in [4.78, 5) is 38.5. The second-order valence-electron chi connectivity index (χ2n) is 8.25. The molecule has 0 spiro atoms. The average Bonchev–Trinajstić information content (AvgIpc) is 3.29. The standard InChI is InChI=1S/C23H32N2O6S/c1-16(21(26)25-13-14-32-15-20(25)31-23(28)29)24-19(12-11-17-7-3-2-4-8-17)22(27)30-18-9-5-6-10-18/h2-4,7-8,16,18-20,24H,5-6,9-15H2,1H3,(H,28,29)/t16-,19?,20?/m0/s1. The lowest BCUT2D eigenvalue weighted by Crippen LogP contribution is -2.56. The third kappa shape index (κ3) is 7.13. The summed E-state index contributed by atoms with van der Waals surface area (Å²) in [6, 6.07) is 8.55. The molecule has 2 N–H and O–H groups in total. The zero-order chi connectivity index (χ0) is 22.9. The summed E-state index contributed by atoms with van der Waals surface area (Å²) < 4.78 is 10.6. The molecule has 0 radical (unpaired) electrons. The van der Waals surface area contributed by atoms with Crippen LogP contribution in [0.2, 0.25) is 0 Å². The molecule has 1 heterocycles. The summed E-state index contributed by atoms with van der Waals surface area (Å²) >= 11 is 1.54. The minimum atomic E-state index is -1.41. The highest BCUT2D eigenvalue weighted by molar-refractivity contribution is 7.99. The number of nitrogens with one attached hydrogen (secondary N) is 1. The fraction of sp³-hybridized carbons (Fsp3) is 0.609. The molecule has 3 rings (SSSR count). The lowest BCUT2D eigenvalue weighted by Gasteiger charge is -2.36. The summed E-state index contributed by atoms with van der Waals surface area (Å²) in [5.41, 5.74) is 1.11. The van der Waals surface area contributed by atoms with E-state index in [4.69, 9.17) is 14.6 Å². The van der Waals surface area contributed by atoms with Crippen LogP contribution in [0, 0.1) is 0 Å². The van der Waals surface area contributed by atoms with Crippen LogP contribution in [-0.2, 0) is 25.5 Å². The Morgan fingerprint density at radius 2 is 1.91 bits per heavy atom. The number of carbonyl (C=O) groups is 3. The Bertz CT molecular complexity index is 771. The fourth-order valence-electron chi connectivity index (χ4n) is 4.15. The second kappa shape index (κ2) is 12.1. The van der Waals surface area contributed by atoms with Gasteiger partial charge in [-0.2, -0.15) is 11.8 Å². The highest BCUT2D eigenvalue weighted by Crippen LogP contribution is 2.22. The molecule has 2 fully saturated rings. The Morgan fingerprint density at radius 3 is 2.59 bits per heavy atom. The highest BCUT2D eigenvalue weighted by atomic mass is 32.2. The van der Waals surface area contributed by atoms with Gasteiger partial charge in [0.15, 0.2) is 6.23 Å². The predicted octanol–water partition coefficient (Wildman–Crippen LogP) is 3.05. The minimum absolute atomic E-state index is 0.0537. The van der Waals surface area contributed by atoms with Crippen LogP contribution in [0.25, 0.3) is 0 Å². The van der Waals surface area contributed by atoms with E-state index in [1.54, 1.807) is 18.7 Å². The van der Waals surface area contributed by atoms with E-state index in [0.29, 0.717) is 30.9 Å². The first-order valence-corrected chi connectivity index (χ1v) is 12.4. The van der Waals surface area contributed by atoms with Gasteiger partial charge in [0.05, 0.1) is 11.8 Å². The van der Waals surface area contributed by atoms with E-state index in [1.807, 2.05) is 30.3 Å². The number of ether oxygens (including phenoxy) is 2. The number of carboxylic acid groups (broad SMARTS) is 1. The van der Waals surface area contributed by atoms with Crippen molar-refractivity contribution in [3.8, 4) is 0 Å². The van der Waals surface area contributed by atoms with Gasteiger partial charge in [0, 0.05) is 12.3 Å². The molecule has 1 aliphatic carbocycles. The molecule has 1 amide bonds. The molecule has 2 unspecified atom stereocenters. The Kier molecular flexibility index (Phi) is 9.23. The molecule has 2 aliphatic rings. The van der Waals surface area contributed by atoms with Crippen LogP contribution in [0.4, 0.5) is 4.79 Å². The van der Waals surface area contributed by atoms with E-state index in [1.165, 1.54) is 4.90 Å². The lowest BCUT2D eigenvalue weighted by atomic mass is 10.0. The first-order chi connectivity index (χ1) is 15.4. The molecule has 1 aromatic carbocycles. The van der Waals surface area contributed by atoms with Gasteiger partial charge in [0.25, 0.3) is 0 Å². The van der Waals surface area contributed by atoms with Crippen LogP contribution in [0.5, 0.6) is 0 Å². The van der Waals surface area contributed by atoms with Crippen molar-refractivity contribution in [1.29, 1.82) is 0 Å². The molecular weight excluding hydrogens is 432 g/mol. The van der Waals surface area contributed by atoms with E-state index in [-0.39, 0.29) is 18.0 Å². The largest absolute Gasteiger partial charge is 0.507 e. The number of carbonyl (C=O) groups excluding carboxylic acids is 2. The molecule has 1 saturated heterocycles. The summed E-state index contributed by atoms with van der Waals surface area (Å²) in [6.45, 7) is 2.09. The van der Waals surface area contributed by atoms with Crippen LogP contribution in [0.3, 0.4) is 0 Å². The number of benzene rings is 1. The van der Waals surface area contributed by atoms with Crippen molar-refractivity contribution in [3.63, 3.8) is 0 Å². The molecule has 1 aliphatic heterocycles. The molecule has 9 heteroatoms. The fourth-order valence-corrected chi connectivity index (χ4v) is 5.09. The SMILES string of the molecule is C[C@H](NC(CCc1ccccc1)C(=O)OC1CCCC1)C(=O)N1CCSCC1OC(=O)O. The van der Waals surface area contributed by atoms with Crippen LogP contribution < -0.4 is 5.32 Å². The van der Waals surface area contributed by atoms with E-state index >= 15 is 0 Å². The van der Waals surface area contributed by atoms with Crippen LogP contribution in [0.1, 0.15) is 44.6 Å². The van der Waals surface area contributed by atoms with Gasteiger partial charge in [-0.3, -0.25) is 14.9 Å². The number of amides is 1. The normalized spacial score (nSPS) is 21.0. The van der Waals surface area contributed by atoms with Gasteiger partial charge in [0.1, 0.15) is 12.1 Å². The number of hydrogen-bond donors (Lipinski definition) is 2. The second-order valence-corrected chi connectivity index (χ2v) is 9.40. The van der Waals surface area contributed by atoms with Crippen molar-refractivity contribution in [1.82, 2.24) is 10.2 Å². The maximum absolute atomic E-state index is 13.1. The zero-order valence-electron chi connectivity index (χ0n) is 18.4. The summed E-state index contributed by atoms with van der Waals surface area (Å²) in [5, 5.41) is 12.1. The van der Waals surface area contributed by atoms with E-state index in [9.17, 15) is 14.4 Å². The predicted molar refractivity (Wildman–Crippen MR) is 121 cm³/mol. The first-order valence-electron chi connectivity index (χ1n) is 11.2. The third-order valence-electron chi connectivity index (χ3n) is 5.86. The first kappa shape index (κ1) is 24.4. The molecule has 0 bridgehead atoms. The molecule has 8 nitrogen and oxygen atoms in total. The van der Waals surface area contributed by atoms with E-state index < -0.39 is 24.5 Å². The molecule has 176 valence electrons. The molecular formula is C23H32N2O6S. The van der Waals surface area contributed by atoms with Gasteiger partial charge < -0.3 is 19.5 Å². The number of hydrogen-bond acceptors (Lipinski definition) is 7. The van der Waals surface area contributed by atoms with Gasteiger partial charge in [-0.15, -0.1) is 0 Å². The number of nitrogens with zero attached hydrogens (tertiary/aromatic N) is 1. The monoisotopic (exact) mass is 464 g/mol. The van der Waals surface area contributed by atoms with Crippen LogP contribution in [-0.4, -0.2) is 70.5 Å². The molecule has 0 aromatic heterocycles. The third-order valence-corrected chi connectivity index (χ3v) is 6.85. The average molecular weight is 465 g/mol. The van der Waals surface area contributed by atoms with E-state index in [0.717, 1.165) is 31.2 Å². The zero-order valence-corrected chi connectivity index (χ0v) is 19.2. The van der Waals surface area contributed by atoms with Gasteiger partial charge in [-0.1, -0.05) is 30.3 Å². The molecule has 1 aromatic rings. The Hall–Kier alpha value is -2.26. The van der Waals surface area contributed by atoms with E-state index in [2.05, 4.69) is 5.32 Å². The van der Waals surface area contributed by atoms with Crippen LogP contribution >= 0.6 is 11.8 Å². The number of esters is 1. The summed E-state index contributed by atoms with van der Waals surface area (Å²) in [6.07, 6.45) is 2.77. The summed E-state index contributed by atoms with van der Waals surface area (Å²) in [7, 11) is 0. The highest BCUT2D eigenvalue weighted by Gasteiger charge is 2.35. The van der Waals surface area contributed by atoms with Crippen LogP contribution in [0.15, 0.2) is 30.3 Å². The Labute approximate surface area is 193 Å². The van der Waals surface area contributed by atoms with Crippen molar-refractivity contribution in [2.45, 2.75) is 69.9 Å². The van der Waals surface area contributed by atoms with Crippen molar-refractivity contribution in [2.24, 2.45) is 0 Å². The Morgan fingerprint density at radius 1 is 1.19 bits per heavy atom. The lowest BCUT2D eigenvalue weighted by molar-refractivity contribution is -0.152. The van der Waals surface area contributed by atoms with Crippen molar-refractivity contribution in [2.75, 3.05) is 18.1 Å². The van der Waals surface area contributed by atoms with Crippen molar-refractivity contribution < 1.29 is 29.0 Å². The maximum Gasteiger partial charge on any atom is 0.507 e.